The van der Waals surface area contributed by atoms with Gasteiger partial charge in [-0.25, -0.2) is 4.79 Å². The van der Waals surface area contributed by atoms with Gasteiger partial charge in [-0.1, -0.05) is 23.7 Å². The fourth-order valence-corrected chi connectivity index (χ4v) is 3.05. The maximum Gasteiger partial charge on any atom is 0.338 e. The van der Waals surface area contributed by atoms with Crippen LogP contribution in [0.1, 0.15) is 29.8 Å². The van der Waals surface area contributed by atoms with Crippen LogP contribution < -0.4 is 5.32 Å². The van der Waals surface area contributed by atoms with E-state index in [0.29, 0.717) is 22.9 Å². The third-order valence-corrected chi connectivity index (χ3v) is 4.72. The van der Waals surface area contributed by atoms with Gasteiger partial charge in [0, 0.05) is 22.2 Å². The molecule has 1 atom stereocenters. The zero-order valence-electron chi connectivity index (χ0n) is 14.1. The fourth-order valence-electron chi connectivity index (χ4n) is 2.09. The summed E-state index contributed by atoms with van der Waals surface area (Å²) in [4.78, 5) is 25.0. The molecule has 0 aromatic heterocycles. The van der Waals surface area contributed by atoms with Crippen LogP contribution in [0.5, 0.6) is 0 Å². The summed E-state index contributed by atoms with van der Waals surface area (Å²) in [6.07, 6.45) is -0.820. The number of thioether (sulfide) groups is 1. The molecule has 0 aliphatic carbocycles. The molecule has 0 saturated carbocycles. The monoisotopic (exact) mass is 377 g/mol. The molecular formula is C19H20ClNO3S. The Bertz CT molecular complexity index is 734. The lowest BCUT2D eigenvalue weighted by molar-refractivity contribution is -0.128. The van der Waals surface area contributed by atoms with Crippen LogP contribution in [0.15, 0.2) is 53.4 Å². The van der Waals surface area contributed by atoms with Gasteiger partial charge in [0.15, 0.2) is 6.10 Å². The van der Waals surface area contributed by atoms with Gasteiger partial charge in [0.05, 0.1) is 5.56 Å². The molecule has 0 heterocycles. The number of likely N-dealkylation sites (N-methyl/N-ethyl adjacent to an activating group) is 1. The molecule has 0 radical (unpaired) electrons. The van der Waals surface area contributed by atoms with Crippen LogP contribution in [0.4, 0.5) is 0 Å². The quantitative estimate of drug-likeness (QED) is 0.577. The second-order valence-corrected chi connectivity index (χ2v) is 6.87. The van der Waals surface area contributed by atoms with E-state index in [1.165, 1.54) is 0 Å². The summed E-state index contributed by atoms with van der Waals surface area (Å²) in [7, 11) is 0. The normalized spacial score (nSPS) is 11.6. The van der Waals surface area contributed by atoms with Gasteiger partial charge < -0.3 is 10.1 Å². The second-order valence-electron chi connectivity index (χ2n) is 5.39. The number of carbonyl (C=O) groups excluding carboxylic acids is 2. The average molecular weight is 378 g/mol. The van der Waals surface area contributed by atoms with Crippen molar-refractivity contribution in [2.75, 3.05) is 6.54 Å². The standard InChI is InChI=1S/C19H20ClNO3S/c1-3-21-18(22)13(2)24-19(23)15-6-4-5-14(11-15)12-25-17-9-7-16(20)8-10-17/h4-11,13H,3,12H2,1-2H3,(H,21,22)/t13-/m1/s1. The predicted molar refractivity (Wildman–Crippen MR) is 101 cm³/mol. The van der Waals surface area contributed by atoms with E-state index >= 15 is 0 Å². The molecule has 0 fully saturated rings. The minimum atomic E-state index is -0.820. The number of ether oxygens (including phenoxy) is 1. The number of hydrogen-bond donors (Lipinski definition) is 1. The Kier molecular flexibility index (Phi) is 7.34. The first-order valence-electron chi connectivity index (χ1n) is 7.95. The van der Waals surface area contributed by atoms with E-state index in [1.807, 2.05) is 43.3 Å². The first kappa shape index (κ1) is 19.3. The van der Waals surface area contributed by atoms with Crippen LogP contribution in [0.25, 0.3) is 0 Å². The first-order valence-corrected chi connectivity index (χ1v) is 9.32. The highest BCUT2D eigenvalue weighted by molar-refractivity contribution is 7.98. The largest absolute Gasteiger partial charge is 0.449 e. The number of benzene rings is 2. The molecule has 4 nitrogen and oxygen atoms in total. The first-order chi connectivity index (χ1) is 12.0. The molecule has 2 aromatic carbocycles. The summed E-state index contributed by atoms with van der Waals surface area (Å²) in [6.45, 7) is 3.87. The molecule has 0 unspecified atom stereocenters. The molecule has 0 aliphatic rings. The minimum absolute atomic E-state index is 0.301. The van der Waals surface area contributed by atoms with Crippen LogP contribution >= 0.6 is 23.4 Å². The lowest BCUT2D eigenvalue weighted by atomic mass is 10.1. The van der Waals surface area contributed by atoms with Crippen molar-refractivity contribution in [3.05, 3.63) is 64.7 Å². The van der Waals surface area contributed by atoms with Crippen molar-refractivity contribution in [3.63, 3.8) is 0 Å². The zero-order valence-corrected chi connectivity index (χ0v) is 15.7. The van der Waals surface area contributed by atoms with Crippen molar-refractivity contribution in [1.82, 2.24) is 5.32 Å². The molecular weight excluding hydrogens is 358 g/mol. The Hall–Kier alpha value is -1.98. The Labute approximate surface area is 156 Å². The van der Waals surface area contributed by atoms with Crippen molar-refractivity contribution >= 4 is 35.2 Å². The highest BCUT2D eigenvalue weighted by Crippen LogP contribution is 2.24. The minimum Gasteiger partial charge on any atom is -0.449 e. The maximum absolute atomic E-state index is 12.2. The number of nitrogens with one attached hydrogen (secondary N) is 1. The van der Waals surface area contributed by atoms with E-state index < -0.39 is 12.1 Å². The molecule has 0 spiro atoms. The average Bonchev–Trinajstić information content (AvgIpc) is 2.61. The molecule has 25 heavy (non-hydrogen) atoms. The summed E-state index contributed by atoms with van der Waals surface area (Å²) in [5.74, 6) is -0.0864. The molecule has 0 saturated heterocycles. The van der Waals surface area contributed by atoms with Crippen molar-refractivity contribution in [1.29, 1.82) is 0 Å². The molecule has 132 valence electrons. The van der Waals surface area contributed by atoms with Crippen molar-refractivity contribution in [2.45, 2.75) is 30.6 Å². The van der Waals surface area contributed by atoms with Gasteiger partial charge in [-0.3, -0.25) is 4.79 Å². The smallest absolute Gasteiger partial charge is 0.338 e. The molecule has 6 heteroatoms. The Morgan fingerprint density at radius 3 is 2.60 bits per heavy atom. The lowest BCUT2D eigenvalue weighted by Gasteiger charge is -2.13. The topological polar surface area (TPSA) is 55.4 Å². The van der Waals surface area contributed by atoms with Gasteiger partial charge in [0.2, 0.25) is 0 Å². The van der Waals surface area contributed by atoms with Gasteiger partial charge in [-0.2, -0.15) is 0 Å². The number of hydrogen-bond acceptors (Lipinski definition) is 4. The third kappa shape index (κ3) is 6.11. The molecule has 0 bridgehead atoms. The summed E-state index contributed by atoms with van der Waals surface area (Å²) in [5.41, 5.74) is 1.44. The van der Waals surface area contributed by atoms with Crippen LogP contribution in [-0.2, 0) is 15.3 Å². The van der Waals surface area contributed by atoms with E-state index in [9.17, 15) is 9.59 Å². The predicted octanol–water partition coefficient (Wildman–Crippen LogP) is 4.31. The van der Waals surface area contributed by atoms with Gasteiger partial charge in [-0.05, 0) is 55.8 Å². The number of carbonyl (C=O) groups is 2. The van der Waals surface area contributed by atoms with E-state index in [1.54, 1.807) is 30.8 Å². The van der Waals surface area contributed by atoms with Gasteiger partial charge >= 0.3 is 5.97 Å². The summed E-state index contributed by atoms with van der Waals surface area (Å²) < 4.78 is 5.21. The SMILES string of the molecule is CCNC(=O)[C@@H](C)OC(=O)c1cccc(CSc2ccc(Cl)cc2)c1. The van der Waals surface area contributed by atoms with Crippen LogP contribution in [-0.4, -0.2) is 24.5 Å². The second kappa shape index (κ2) is 9.49. The Balaban J connectivity index is 1.96. The van der Waals surface area contributed by atoms with Gasteiger partial charge in [0.25, 0.3) is 5.91 Å². The number of esters is 1. The van der Waals surface area contributed by atoms with Crippen molar-refractivity contribution in [2.24, 2.45) is 0 Å². The number of amides is 1. The van der Waals surface area contributed by atoms with Gasteiger partial charge in [-0.15, -0.1) is 11.8 Å². The molecule has 1 amide bonds. The van der Waals surface area contributed by atoms with E-state index in [4.69, 9.17) is 16.3 Å². The van der Waals surface area contributed by atoms with Crippen LogP contribution in [0.2, 0.25) is 5.02 Å². The number of rotatable bonds is 7. The Morgan fingerprint density at radius 1 is 1.20 bits per heavy atom. The summed E-state index contributed by atoms with van der Waals surface area (Å²) >= 11 is 7.53. The molecule has 0 aliphatic heterocycles. The van der Waals surface area contributed by atoms with Crippen LogP contribution in [0.3, 0.4) is 0 Å². The highest BCUT2D eigenvalue weighted by atomic mass is 35.5. The van der Waals surface area contributed by atoms with Crippen LogP contribution in [0, 0.1) is 0 Å². The summed E-state index contributed by atoms with van der Waals surface area (Å²) in [5, 5.41) is 3.33. The van der Waals surface area contributed by atoms with Gasteiger partial charge in [0.1, 0.15) is 0 Å². The Morgan fingerprint density at radius 2 is 1.92 bits per heavy atom. The molecule has 2 aromatic rings. The molecule has 2 rings (SSSR count). The van der Waals surface area contributed by atoms with E-state index in [-0.39, 0.29) is 5.91 Å². The third-order valence-electron chi connectivity index (χ3n) is 3.39. The lowest BCUT2D eigenvalue weighted by Crippen LogP contribution is -2.35. The van der Waals surface area contributed by atoms with Crippen molar-refractivity contribution < 1.29 is 14.3 Å². The van der Waals surface area contributed by atoms with Crippen molar-refractivity contribution in [3.8, 4) is 0 Å². The highest BCUT2D eigenvalue weighted by Gasteiger charge is 2.18. The maximum atomic E-state index is 12.2. The number of halogens is 1. The summed E-state index contributed by atoms with van der Waals surface area (Å²) in [6, 6.07) is 14.8. The zero-order chi connectivity index (χ0) is 18.2. The fraction of sp³-hybridized carbons (Fsp3) is 0.263. The van der Waals surface area contributed by atoms with E-state index in [0.717, 1.165) is 10.5 Å². The van der Waals surface area contributed by atoms with E-state index in [2.05, 4.69) is 5.32 Å². The molecule has 1 N–H and O–H groups in total.